The van der Waals surface area contributed by atoms with Gasteiger partial charge < -0.3 is 10.4 Å². The summed E-state index contributed by atoms with van der Waals surface area (Å²) in [5, 5.41) is 13.0. The number of aromatic hydroxyl groups is 1. The van der Waals surface area contributed by atoms with Gasteiger partial charge in [0.05, 0.1) is 5.56 Å². The van der Waals surface area contributed by atoms with Crippen molar-refractivity contribution in [2.75, 3.05) is 6.54 Å². The number of amides is 1. The molecule has 1 rings (SSSR count). The number of carbonyl (C=O) groups is 1. The fourth-order valence-electron chi connectivity index (χ4n) is 2.00. The van der Waals surface area contributed by atoms with E-state index in [1.165, 1.54) is 38.2 Å². The van der Waals surface area contributed by atoms with Crippen LogP contribution in [0.2, 0.25) is 0 Å². The number of hydrogen-bond donors (Lipinski definition) is 4. The van der Waals surface area contributed by atoms with Gasteiger partial charge in [0.25, 0.3) is 5.91 Å². The Morgan fingerprint density at radius 1 is 1.09 bits per heavy atom. The lowest BCUT2D eigenvalue weighted by atomic mass is 10.1. The van der Waals surface area contributed by atoms with Crippen LogP contribution in [0, 0.1) is 0 Å². The molecule has 0 aliphatic rings. The number of nitrogens with one attached hydrogen (secondary N) is 3. The van der Waals surface area contributed by atoms with Crippen molar-refractivity contribution in [1.82, 2.24) is 16.2 Å². The van der Waals surface area contributed by atoms with E-state index in [0.29, 0.717) is 5.11 Å². The minimum absolute atomic E-state index is 0.0623. The summed E-state index contributed by atoms with van der Waals surface area (Å²) >= 11 is 5.08. The van der Waals surface area contributed by atoms with E-state index in [9.17, 15) is 9.90 Å². The van der Waals surface area contributed by atoms with E-state index < -0.39 is 5.91 Å². The zero-order valence-electron chi connectivity index (χ0n) is 13.0. The average Bonchev–Trinajstić information content (AvgIpc) is 2.52. The van der Waals surface area contributed by atoms with Crippen LogP contribution in [0.5, 0.6) is 5.75 Å². The number of thiocarbonyl (C=S) groups is 1. The van der Waals surface area contributed by atoms with E-state index in [-0.39, 0.29) is 11.3 Å². The Bertz CT molecular complexity index is 480. The predicted molar refractivity (Wildman–Crippen MR) is 92.7 cm³/mol. The quantitative estimate of drug-likeness (QED) is 0.336. The number of phenols is 1. The lowest BCUT2D eigenvalue weighted by molar-refractivity contribution is 0.0941. The van der Waals surface area contributed by atoms with Crippen LogP contribution in [-0.4, -0.2) is 22.7 Å². The number of unbranched alkanes of at least 4 members (excludes halogenated alkanes) is 5. The van der Waals surface area contributed by atoms with Gasteiger partial charge in [0.1, 0.15) is 5.75 Å². The molecule has 0 bridgehead atoms. The molecule has 0 spiro atoms. The zero-order chi connectivity index (χ0) is 16.2. The van der Waals surface area contributed by atoms with Crippen molar-refractivity contribution in [2.45, 2.75) is 45.4 Å². The van der Waals surface area contributed by atoms with Gasteiger partial charge in [0.2, 0.25) is 0 Å². The van der Waals surface area contributed by atoms with Gasteiger partial charge in [-0.2, -0.15) is 0 Å². The first-order valence-corrected chi connectivity index (χ1v) is 8.18. The van der Waals surface area contributed by atoms with Crippen LogP contribution in [0.25, 0.3) is 0 Å². The second kappa shape index (κ2) is 10.8. The maximum Gasteiger partial charge on any atom is 0.273 e. The normalized spacial score (nSPS) is 10.0. The second-order valence-electron chi connectivity index (χ2n) is 5.12. The number of carbonyl (C=O) groups excluding carboxylic acids is 1. The van der Waals surface area contributed by atoms with Gasteiger partial charge in [-0.3, -0.25) is 15.6 Å². The van der Waals surface area contributed by atoms with Gasteiger partial charge in [-0.05, 0) is 30.8 Å². The van der Waals surface area contributed by atoms with Crippen LogP contribution in [0.4, 0.5) is 0 Å². The summed E-state index contributed by atoms with van der Waals surface area (Å²) < 4.78 is 0. The van der Waals surface area contributed by atoms with Gasteiger partial charge in [-0.25, -0.2) is 0 Å². The number of rotatable bonds is 8. The molecule has 6 heteroatoms. The molecule has 0 saturated heterocycles. The fourth-order valence-corrected chi connectivity index (χ4v) is 2.15. The highest BCUT2D eigenvalue weighted by atomic mass is 32.1. The third-order valence-electron chi connectivity index (χ3n) is 3.25. The summed E-state index contributed by atoms with van der Waals surface area (Å²) in [6.07, 6.45) is 7.32. The molecule has 0 saturated carbocycles. The molecule has 22 heavy (non-hydrogen) atoms. The highest BCUT2D eigenvalue weighted by Crippen LogP contribution is 2.14. The first-order valence-electron chi connectivity index (χ1n) is 7.77. The fraction of sp³-hybridized carbons (Fsp3) is 0.500. The standard InChI is InChI=1S/C16H25N3O2S/c1-2-3-4-5-6-9-12-17-16(22)19-18-15(21)13-10-7-8-11-14(13)20/h7-8,10-11,20H,2-6,9,12H2,1H3,(H,18,21)(H2,17,19,22). The van der Waals surface area contributed by atoms with Crippen LogP contribution < -0.4 is 16.2 Å². The smallest absolute Gasteiger partial charge is 0.273 e. The van der Waals surface area contributed by atoms with Crippen LogP contribution in [0.15, 0.2) is 24.3 Å². The van der Waals surface area contributed by atoms with Gasteiger partial charge in [-0.15, -0.1) is 0 Å². The highest BCUT2D eigenvalue weighted by Gasteiger charge is 2.09. The van der Waals surface area contributed by atoms with Crippen LogP contribution in [-0.2, 0) is 0 Å². The third kappa shape index (κ3) is 7.26. The summed E-state index contributed by atoms with van der Waals surface area (Å²) in [6.45, 7) is 2.99. The SMILES string of the molecule is CCCCCCCCNC(=S)NNC(=O)c1ccccc1O. The summed E-state index contributed by atoms with van der Waals surface area (Å²) in [4.78, 5) is 11.8. The van der Waals surface area contributed by atoms with E-state index in [1.807, 2.05) is 0 Å². The number of benzene rings is 1. The van der Waals surface area contributed by atoms with Crippen molar-refractivity contribution in [3.63, 3.8) is 0 Å². The van der Waals surface area contributed by atoms with Crippen molar-refractivity contribution in [3.05, 3.63) is 29.8 Å². The van der Waals surface area contributed by atoms with E-state index >= 15 is 0 Å². The Kier molecular flexibility index (Phi) is 8.98. The molecule has 0 heterocycles. The molecule has 1 aromatic rings. The van der Waals surface area contributed by atoms with Crippen molar-refractivity contribution in [3.8, 4) is 5.75 Å². The average molecular weight is 323 g/mol. The lowest BCUT2D eigenvalue weighted by Gasteiger charge is -2.12. The Morgan fingerprint density at radius 3 is 2.50 bits per heavy atom. The number of para-hydroxylation sites is 1. The molecule has 5 nitrogen and oxygen atoms in total. The van der Waals surface area contributed by atoms with Crippen LogP contribution in [0.3, 0.4) is 0 Å². The molecule has 0 unspecified atom stereocenters. The molecular weight excluding hydrogens is 298 g/mol. The molecule has 1 aromatic carbocycles. The van der Waals surface area contributed by atoms with Crippen LogP contribution >= 0.6 is 12.2 Å². The summed E-state index contributed by atoms with van der Waals surface area (Å²) in [5.74, 6) is -0.491. The van der Waals surface area contributed by atoms with Gasteiger partial charge >= 0.3 is 0 Å². The van der Waals surface area contributed by atoms with E-state index in [1.54, 1.807) is 18.2 Å². The summed E-state index contributed by atoms with van der Waals surface area (Å²) in [6, 6.07) is 6.35. The minimum Gasteiger partial charge on any atom is -0.507 e. The van der Waals surface area contributed by atoms with Crippen molar-refractivity contribution in [2.24, 2.45) is 0 Å². The number of phenolic OH excluding ortho intramolecular Hbond substituents is 1. The molecule has 0 fully saturated rings. The Labute approximate surface area is 137 Å². The van der Waals surface area contributed by atoms with E-state index in [2.05, 4.69) is 23.1 Å². The molecule has 0 aliphatic heterocycles. The number of hydrogen-bond acceptors (Lipinski definition) is 3. The van der Waals surface area contributed by atoms with E-state index in [0.717, 1.165) is 13.0 Å². The maximum absolute atomic E-state index is 11.8. The Hall–Kier alpha value is -1.82. The van der Waals surface area contributed by atoms with Crippen molar-refractivity contribution >= 4 is 23.2 Å². The Morgan fingerprint density at radius 2 is 1.77 bits per heavy atom. The van der Waals surface area contributed by atoms with Gasteiger partial charge in [0, 0.05) is 6.54 Å². The Balaban J connectivity index is 2.13. The monoisotopic (exact) mass is 323 g/mol. The minimum atomic E-state index is -0.429. The van der Waals surface area contributed by atoms with Crippen molar-refractivity contribution in [1.29, 1.82) is 0 Å². The lowest BCUT2D eigenvalue weighted by Crippen LogP contribution is -2.46. The molecule has 1 amide bonds. The number of hydrazine groups is 1. The topological polar surface area (TPSA) is 73.4 Å². The van der Waals surface area contributed by atoms with Gasteiger partial charge in [0.15, 0.2) is 5.11 Å². The predicted octanol–water partition coefficient (Wildman–Crippen LogP) is 2.86. The molecule has 0 radical (unpaired) electrons. The zero-order valence-corrected chi connectivity index (χ0v) is 13.8. The molecular formula is C16H25N3O2S. The van der Waals surface area contributed by atoms with Gasteiger partial charge in [-0.1, -0.05) is 51.2 Å². The molecule has 122 valence electrons. The van der Waals surface area contributed by atoms with Crippen LogP contribution in [0.1, 0.15) is 55.8 Å². The second-order valence-corrected chi connectivity index (χ2v) is 5.53. The first-order chi connectivity index (χ1) is 10.6. The largest absolute Gasteiger partial charge is 0.507 e. The molecule has 4 N–H and O–H groups in total. The summed E-state index contributed by atoms with van der Waals surface area (Å²) in [7, 11) is 0. The first kappa shape index (κ1) is 18.2. The summed E-state index contributed by atoms with van der Waals surface area (Å²) in [5.41, 5.74) is 5.29. The maximum atomic E-state index is 11.8. The molecule has 0 aromatic heterocycles. The van der Waals surface area contributed by atoms with Crippen molar-refractivity contribution < 1.29 is 9.90 Å². The molecule has 0 aliphatic carbocycles. The van der Waals surface area contributed by atoms with E-state index in [4.69, 9.17) is 12.2 Å². The third-order valence-corrected chi connectivity index (χ3v) is 3.50. The highest BCUT2D eigenvalue weighted by molar-refractivity contribution is 7.80. The molecule has 0 atom stereocenters.